The molecule has 4 nitrogen and oxygen atoms in total. The Labute approximate surface area is 121 Å². The van der Waals surface area contributed by atoms with Crippen LogP contribution in [0.4, 0.5) is 5.69 Å². The second-order valence-corrected chi connectivity index (χ2v) is 6.88. The lowest BCUT2D eigenvalue weighted by Crippen LogP contribution is -2.32. The maximum absolute atomic E-state index is 12.1. The molecule has 0 aliphatic carbocycles. The van der Waals surface area contributed by atoms with Gasteiger partial charge in [-0.25, -0.2) is 4.68 Å². The fourth-order valence-electron chi connectivity index (χ4n) is 2.08. The summed E-state index contributed by atoms with van der Waals surface area (Å²) in [4.78, 5) is 12.1. The first-order chi connectivity index (χ1) is 9.06. The first-order valence-corrected chi connectivity index (χ1v) is 7.49. The summed E-state index contributed by atoms with van der Waals surface area (Å²) in [6.45, 7) is 3.07. The summed E-state index contributed by atoms with van der Waals surface area (Å²) in [6.07, 6.45) is 9.02. The van der Waals surface area contributed by atoms with Crippen LogP contribution in [0.5, 0.6) is 0 Å². The highest BCUT2D eigenvalue weighted by Gasteiger charge is 2.29. The summed E-state index contributed by atoms with van der Waals surface area (Å²) in [5.74, 6) is 3.57. The summed E-state index contributed by atoms with van der Waals surface area (Å²) in [6, 6.07) is 0. The second kappa shape index (κ2) is 5.89. The standard InChI is InChI=1S/C13H16ClN3OS/c1-3-6-17-12(18)11(10(14)8-16-17)15-9-13(2)5-4-7-19-13/h1,8,15H,4-7,9H2,2H3. The van der Waals surface area contributed by atoms with E-state index in [-0.39, 0.29) is 16.9 Å². The molecule has 1 aromatic heterocycles. The Morgan fingerprint density at radius 3 is 3.16 bits per heavy atom. The zero-order valence-electron chi connectivity index (χ0n) is 10.8. The molecule has 0 saturated carbocycles. The lowest BCUT2D eigenvalue weighted by atomic mass is 10.1. The number of hydrogen-bond acceptors (Lipinski definition) is 4. The Kier molecular flexibility index (Phi) is 4.43. The van der Waals surface area contributed by atoms with Gasteiger partial charge in [-0.15, -0.1) is 6.42 Å². The van der Waals surface area contributed by atoms with E-state index in [1.165, 1.54) is 23.1 Å². The molecule has 0 amide bonds. The molecule has 2 heterocycles. The first kappa shape index (κ1) is 14.3. The Hall–Kier alpha value is -1.12. The normalized spacial score (nSPS) is 22.2. The molecule has 1 aliphatic rings. The molecule has 1 atom stereocenters. The highest BCUT2D eigenvalue weighted by Crippen LogP contribution is 2.37. The minimum absolute atomic E-state index is 0.150. The summed E-state index contributed by atoms with van der Waals surface area (Å²) in [5.41, 5.74) is 0.123. The van der Waals surface area contributed by atoms with Gasteiger partial charge in [0, 0.05) is 11.3 Å². The maximum Gasteiger partial charge on any atom is 0.292 e. The van der Waals surface area contributed by atoms with Crippen LogP contribution in [0.25, 0.3) is 0 Å². The number of aromatic nitrogens is 2. The summed E-state index contributed by atoms with van der Waals surface area (Å²) in [5, 5.41) is 7.42. The van der Waals surface area contributed by atoms with E-state index in [9.17, 15) is 4.79 Å². The van der Waals surface area contributed by atoms with Crippen molar-refractivity contribution >= 4 is 29.1 Å². The van der Waals surface area contributed by atoms with E-state index in [0.29, 0.717) is 17.3 Å². The number of anilines is 1. The van der Waals surface area contributed by atoms with E-state index < -0.39 is 0 Å². The molecule has 1 fully saturated rings. The lowest BCUT2D eigenvalue weighted by Gasteiger charge is -2.23. The fraction of sp³-hybridized carbons (Fsp3) is 0.538. The molecular weight excluding hydrogens is 282 g/mol. The van der Waals surface area contributed by atoms with Gasteiger partial charge >= 0.3 is 0 Å². The molecule has 0 bridgehead atoms. The molecule has 19 heavy (non-hydrogen) atoms. The van der Waals surface area contributed by atoms with E-state index >= 15 is 0 Å². The number of halogens is 1. The molecule has 1 aromatic rings. The molecule has 0 radical (unpaired) electrons. The molecule has 2 rings (SSSR count). The number of hydrogen-bond donors (Lipinski definition) is 1. The Morgan fingerprint density at radius 1 is 1.74 bits per heavy atom. The van der Waals surface area contributed by atoms with Crippen LogP contribution in [0.3, 0.4) is 0 Å². The number of nitrogens with one attached hydrogen (secondary N) is 1. The van der Waals surface area contributed by atoms with Crippen LogP contribution in [-0.4, -0.2) is 26.8 Å². The number of terminal acetylenes is 1. The molecule has 102 valence electrons. The Morgan fingerprint density at radius 2 is 2.53 bits per heavy atom. The summed E-state index contributed by atoms with van der Waals surface area (Å²) >= 11 is 7.96. The third kappa shape index (κ3) is 3.26. The van der Waals surface area contributed by atoms with Crippen molar-refractivity contribution in [2.24, 2.45) is 0 Å². The average molecular weight is 298 g/mol. The average Bonchev–Trinajstić information content (AvgIpc) is 2.80. The van der Waals surface area contributed by atoms with Crippen LogP contribution in [0, 0.1) is 12.3 Å². The minimum Gasteiger partial charge on any atom is -0.378 e. The van der Waals surface area contributed by atoms with Crippen LogP contribution in [0.1, 0.15) is 19.8 Å². The zero-order valence-corrected chi connectivity index (χ0v) is 12.4. The van der Waals surface area contributed by atoms with Crippen molar-refractivity contribution in [2.45, 2.75) is 31.1 Å². The quantitative estimate of drug-likeness (QED) is 0.866. The topological polar surface area (TPSA) is 46.9 Å². The lowest BCUT2D eigenvalue weighted by molar-refractivity contribution is 0.629. The van der Waals surface area contributed by atoms with E-state index in [4.69, 9.17) is 18.0 Å². The van der Waals surface area contributed by atoms with E-state index in [1.54, 1.807) is 0 Å². The molecule has 1 aliphatic heterocycles. The van der Waals surface area contributed by atoms with Crippen molar-refractivity contribution in [3.05, 3.63) is 21.6 Å². The van der Waals surface area contributed by atoms with E-state index in [2.05, 4.69) is 23.3 Å². The SMILES string of the molecule is C#CCn1ncc(Cl)c(NCC2(C)CCCS2)c1=O. The van der Waals surface area contributed by atoms with Gasteiger partial charge in [0.05, 0.1) is 11.2 Å². The predicted molar refractivity (Wildman–Crippen MR) is 80.9 cm³/mol. The Balaban J connectivity index is 2.18. The van der Waals surface area contributed by atoms with Gasteiger partial charge in [0.25, 0.3) is 5.56 Å². The first-order valence-electron chi connectivity index (χ1n) is 6.13. The van der Waals surface area contributed by atoms with Crippen LogP contribution < -0.4 is 10.9 Å². The van der Waals surface area contributed by atoms with Crippen molar-refractivity contribution < 1.29 is 0 Å². The third-order valence-electron chi connectivity index (χ3n) is 3.18. The predicted octanol–water partition coefficient (Wildman–Crippen LogP) is 2.23. The van der Waals surface area contributed by atoms with Gasteiger partial charge in [-0.05, 0) is 25.5 Å². The van der Waals surface area contributed by atoms with Gasteiger partial charge in [-0.3, -0.25) is 4.79 Å². The largest absolute Gasteiger partial charge is 0.378 e. The van der Waals surface area contributed by atoms with Gasteiger partial charge in [-0.2, -0.15) is 16.9 Å². The Bertz CT molecular complexity index is 558. The third-order valence-corrected chi connectivity index (χ3v) is 5.00. The van der Waals surface area contributed by atoms with Gasteiger partial charge < -0.3 is 5.32 Å². The minimum atomic E-state index is -0.267. The van der Waals surface area contributed by atoms with Crippen molar-refractivity contribution in [1.82, 2.24) is 9.78 Å². The maximum atomic E-state index is 12.1. The van der Waals surface area contributed by atoms with Crippen LogP contribution >= 0.6 is 23.4 Å². The van der Waals surface area contributed by atoms with Crippen LogP contribution in [0.15, 0.2) is 11.0 Å². The second-order valence-electron chi connectivity index (χ2n) is 4.79. The monoisotopic (exact) mass is 297 g/mol. The molecule has 1 unspecified atom stereocenters. The zero-order chi connectivity index (χ0) is 13.9. The van der Waals surface area contributed by atoms with Gasteiger partial charge in [0.1, 0.15) is 12.2 Å². The van der Waals surface area contributed by atoms with Crippen molar-refractivity contribution in [1.29, 1.82) is 0 Å². The molecule has 0 aromatic carbocycles. The van der Waals surface area contributed by atoms with Gasteiger partial charge in [0.15, 0.2) is 0 Å². The van der Waals surface area contributed by atoms with Gasteiger partial charge in [-0.1, -0.05) is 17.5 Å². The molecular formula is C13H16ClN3OS. The van der Waals surface area contributed by atoms with Crippen LogP contribution in [-0.2, 0) is 6.54 Å². The van der Waals surface area contributed by atoms with Crippen molar-refractivity contribution in [3.8, 4) is 12.3 Å². The van der Waals surface area contributed by atoms with Crippen molar-refractivity contribution in [3.63, 3.8) is 0 Å². The summed E-state index contributed by atoms with van der Waals surface area (Å²) in [7, 11) is 0. The number of nitrogens with zero attached hydrogens (tertiary/aromatic N) is 2. The van der Waals surface area contributed by atoms with E-state index in [0.717, 1.165) is 6.42 Å². The molecule has 6 heteroatoms. The highest BCUT2D eigenvalue weighted by atomic mass is 35.5. The van der Waals surface area contributed by atoms with Gasteiger partial charge in [0.2, 0.25) is 0 Å². The van der Waals surface area contributed by atoms with E-state index in [1.807, 2.05) is 11.8 Å². The molecule has 1 saturated heterocycles. The molecule has 1 N–H and O–H groups in total. The van der Waals surface area contributed by atoms with Crippen molar-refractivity contribution in [2.75, 3.05) is 17.6 Å². The fourth-order valence-corrected chi connectivity index (χ4v) is 3.52. The number of thioether (sulfide) groups is 1. The smallest absolute Gasteiger partial charge is 0.292 e. The van der Waals surface area contributed by atoms with Crippen LogP contribution in [0.2, 0.25) is 5.02 Å². The molecule has 0 spiro atoms. The summed E-state index contributed by atoms with van der Waals surface area (Å²) < 4.78 is 1.40. The number of rotatable bonds is 4. The highest BCUT2D eigenvalue weighted by molar-refractivity contribution is 8.00.